The molecule has 0 aliphatic carbocycles. The van der Waals surface area contributed by atoms with Crippen molar-refractivity contribution in [2.45, 2.75) is 32.7 Å². The fourth-order valence-corrected chi connectivity index (χ4v) is 5.01. The van der Waals surface area contributed by atoms with Gasteiger partial charge in [0.15, 0.2) is 0 Å². The number of ether oxygens (including phenoxy) is 1. The Morgan fingerprint density at radius 1 is 1.04 bits per heavy atom. The summed E-state index contributed by atoms with van der Waals surface area (Å²) in [4.78, 5) is 33.5. The molecule has 4 N–H and O–H groups in total. The van der Waals surface area contributed by atoms with E-state index in [-0.39, 0.29) is 24.5 Å². The summed E-state index contributed by atoms with van der Waals surface area (Å²) in [5, 5.41) is 28.3. The number of rotatable bonds is 10. The smallest absolute Gasteiger partial charge is 0.417 e. The van der Waals surface area contributed by atoms with E-state index in [4.69, 9.17) is 14.7 Å². The van der Waals surface area contributed by atoms with E-state index in [2.05, 4.69) is 10.5 Å². The Balaban J connectivity index is 1.42. The summed E-state index contributed by atoms with van der Waals surface area (Å²) in [6, 6.07) is 20.5. The zero-order chi connectivity index (χ0) is 33.9. The largest absolute Gasteiger partial charge is 0.457 e. The minimum Gasteiger partial charge on any atom is -0.457 e. The van der Waals surface area contributed by atoms with E-state index < -0.39 is 41.5 Å². The minimum absolute atomic E-state index is 0.0118. The summed E-state index contributed by atoms with van der Waals surface area (Å²) in [7, 11) is 0. The molecule has 1 unspecified atom stereocenters. The first-order valence-electron chi connectivity index (χ1n) is 14.3. The van der Waals surface area contributed by atoms with Crippen LogP contribution < -0.4 is 15.8 Å². The number of aliphatic hydroxyl groups is 2. The van der Waals surface area contributed by atoms with Gasteiger partial charge in [-0.3, -0.25) is 14.4 Å². The van der Waals surface area contributed by atoms with E-state index in [1.807, 2.05) is 26.0 Å². The summed E-state index contributed by atoms with van der Waals surface area (Å²) >= 11 is 0. The topological polar surface area (TPSA) is 150 Å². The Labute approximate surface area is 266 Å². The van der Waals surface area contributed by atoms with Gasteiger partial charge in [-0.25, -0.2) is 5.48 Å². The number of H-pyrrole nitrogens is 1. The summed E-state index contributed by atoms with van der Waals surface area (Å²) in [5.41, 5.74) is 2.50. The second kappa shape index (κ2) is 13.5. The lowest BCUT2D eigenvalue weighted by molar-refractivity contribution is -0.137. The number of nitriles is 1. The highest BCUT2D eigenvalue weighted by molar-refractivity contribution is 5.97. The summed E-state index contributed by atoms with van der Waals surface area (Å²) in [6.07, 6.45) is -6.06. The fourth-order valence-electron chi connectivity index (χ4n) is 5.01. The predicted molar refractivity (Wildman–Crippen MR) is 166 cm³/mol. The first-order valence-corrected chi connectivity index (χ1v) is 14.3. The Bertz CT molecular complexity index is 2050. The van der Waals surface area contributed by atoms with Crippen LogP contribution in [0.2, 0.25) is 0 Å². The van der Waals surface area contributed by atoms with Gasteiger partial charge in [-0.15, -0.1) is 0 Å². The number of fused-ring (bicyclic) bond motifs is 1. The summed E-state index contributed by atoms with van der Waals surface area (Å²) in [6.45, 7) is 2.90. The van der Waals surface area contributed by atoms with Crippen molar-refractivity contribution in [3.63, 3.8) is 0 Å². The van der Waals surface area contributed by atoms with Crippen molar-refractivity contribution in [3.8, 4) is 28.8 Å². The molecular weight excluding hydrogens is 617 g/mol. The van der Waals surface area contributed by atoms with Gasteiger partial charge in [-0.05, 0) is 85.1 Å². The standard InChI is InChI=1S/C34H29F3N4O6/c1-19-3-4-22(20(2)11-19)16-41-31(14-28(34(35,36)37)27(15-38)33(41)45)21-5-7-25(8-6-21)47-26-9-10-29-23(12-26)13-30(39-29)32(44)40-46-18-24(43)17-42/h3-14,24,39,42-43H,16-18H2,1-2H3,(H,40,44). The lowest BCUT2D eigenvalue weighted by atomic mass is 10.0. The maximum Gasteiger partial charge on any atom is 0.417 e. The number of pyridine rings is 1. The van der Waals surface area contributed by atoms with Crippen LogP contribution in [0.1, 0.15) is 38.3 Å². The number of aromatic nitrogens is 2. The molecule has 10 nitrogen and oxygen atoms in total. The quantitative estimate of drug-likeness (QED) is 0.149. The van der Waals surface area contributed by atoms with Gasteiger partial charge in [-0.1, -0.05) is 23.8 Å². The molecule has 5 rings (SSSR count). The van der Waals surface area contributed by atoms with Crippen LogP contribution in [0, 0.1) is 25.2 Å². The second-order valence-electron chi connectivity index (χ2n) is 10.9. The highest BCUT2D eigenvalue weighted by Gasteiger charge is 2.36. The molecule has 0 radical (unpaired) electrons. The van der Waals surface area contributed by atoms with Crippen molar-refractivity contribution in [1.82, 2.24) is 15.0 Å². The van der Waals surface area contributed by atoms with Crippen LogP contribution in [0.25, 0.3) is 22.2 Å². The van der Waals surface area contributed by atoms with Gasteiger partial charge in [0.05, 0.1) is 24.4 Å². The van der Waals surface area contributed by atoms with E-state index in [0.29, 0.717) is 28.0 Å². The number of aromatic amines is 1. The van der Waals surface area contributed by atoms with Gasteiger partial charge >= 0.3 is 6.18 Å². The summed E-state index contributed by atoms with van der Waals surface area (Å²) in [5.74, 6) is 0.158. The third-order valence-electron chi connectivity index (χ3n) is 7.42. The number of carbonyl (C=O) groups excluding carboxylic acids is 1. The lowest BCUT2D eigenvalue weighted by Gasteiger charge is -2.19. The molecule has 0 saturated heterocycles. The average molecular weight is 647 g/mol. The number of halogens is 3. The first-order chi connectivity index (χ1) is 22.4. The van der Waals surface area contributed by atoms with E-state index in [1.165, 1.54) is 22.8 Å². The zero-order valence-electron chi connectivity index (χ0n) is 25.2. The van der Waals surface area contributed by atoms with Crippen molar-refractivity contribution in [1.29, 1.82) is 5.26 Å². The molecule has 13 heteroatoms. The number of alkyl halides is 3. The molecule has 47 heavy (non-hydrogen) atoms. The van der Waals surface area contributed by atoms with Crippen LogP contribution in [0.15, 0.2) is 77.6 Å². The molecule has 1 atom stereocenters. The Morgan fingerprint density at radius 3 is 2.43 bits per heavy atom. The highest BCUT2D eigenvalue weighted by Crippen LogP contribution is 2.35. The van der Waals surface area contributed by atoms with Crippen LogP contribution in [0.3, 0.4) is 0 Å². The number of carbonyl (C=O) groups is 1. The number of aliphatic hydroxyl groups excluding tert-OH is 2. The molecule has 2 aromatic heterocycles. The molecule has 0 aliphatic rings. The monoisotopic (exact) mass is 646 g/mol. The number of nitrogens with zero attached hydrogens (tertiary/aromatic N) is 2. The van der Waals surface area contributed by atoms with E-state index >= 15 is 0 Å². The molecule has 0 fully saturated rings. The van der Waals surface area contributed by atoms with E-state index in [0.717, 1.165) is 22.8 Å². The Kier molecular flexibility index (Phi) is 9.48. The molecule has 242 valence electrons. The third kappa shape index (κ3) is 7.36. The lowest BCUT2D eigenvalue weighted by Crippen LogP contribution is -2.30. The van der Waals surface area contributed by atoms with Crippen molar-refractivity contribution in [2.75, 3.05) is 13.2 Å². The molecule has 0 saturated carbocycles. The van der Waals surface area contributed by atoms with Crippen molar-refractivity contribution >= 4 is 16.8 Å². The molecule has 0 aliphatic heterocycles. The van der Waals surface area contributed by atoms with Crippen LogP contribution in [0.4, 0.5) is 13.2 Å². The van der Waals surface area contributed by atoms with Crippen molar-refractivity contribution < 1.29 is 37.8 Å². The molecule has 0 bridgehead atoms. The normalized spacial score (nSPS) is 12.1. The van der Waals surface area contributed by atoms with Crippen LogP contribution in [0.5, 0.6) is 11.5 Å². The maximum absolute atomic E-state index is 14.0. The van der Waals surface area contributed by atoms with Gasteiger partial charge < -0.3 is 24.5 Å². The van der Waals surface area contributed by atoms with Gasteiger partial charge in [0, 0.05) is 10.9 Å². The van der Waals surface area contributed by atoms with Crippen molar-refractivity contribution in [2.24, 2.45) is 0 Å². The number of benzene rings is 3. The van der Waals surface area contributed by atoms with Crippen LogP contribution >= 0.6 is 0 Å². The summed E-state index contributed by atoms with van der Waals surface area (Å²) < 4.78 is 49.0. The second-order valence-corrected chi connectivity index (χ2v) is 10.9. The van der Waals surface area contributed by atoms with Crippen LogP contribution in [-0.4, -0.2) is 45.0 Å². The van der Waals surface area contributed by atoms with E-state index in [1.54, 1.807) is 42.5 Å². The van der Waals surface area contributed by atoms with Gasteiger partial charge in [0.1, 0.15) is 41.5 Å². The zero-order valence-corrected chi connectivity index (χ0v) is 25.2. The van der Waals surface area contributed by atoms with Gasteiger partial charge in [0.2, 0.25) is 0 Å². The molecule has 1 amide bonds. The number of amides is 1. The first kappa shape index (κ1) is 33.0. The minimum atomic E-state index is -4.92. The number of hydroxylamine groups is 1. The van der Waals surface area contributed by atoms with E-state index in [9.17, 15) is 33.1 Å². The predicted octanol–water partition coefficient (Wildman–Crippen LogP) is 5.36. The van der Waals surface area contributed by atoms with Gasteiger partial charge in [-0.2, -0.15) is 18.4 Å². The number of hydrogen-bond acceptors (Lipinski definition) is 7. The highest BCUT2D eigenvalue weighted by atomic mass is 19.4. The Hall–Kier alpha value is -5.42. The molecule has 2 heterocycles. The molecule has 3 aromatic carbocycles. The Morgan fingerprint density at radius 2 is 1.77 bits per heavy atom. The maximum atomic E-state index is 14.0. The third-order valence-corrected chi connectivity index (χ3v) is 7.42. The number of aryl methyl sites for hydroxylation is 2. The molecular formula is C34H29F3N4O6. The fraction of sp³-hybridized carbons (Fsp3) is 0.206. The van der Waals surface area contributed by atoms with Crippen molar-refractivity contribution in [3.05, 3.63) is 117 Å². The number of hydrogen-bond donors (Lipinski definition) is 4. The number of nitrogens with one attached hydrogen (secondary N) is 2. The molecule has 5 aromatic rings. The molecule has 0 spiro atoms. The average Bonchev–Trinajstić information content (AvgIpc) is 3.46. The van der Waals surface area contributed by atoms with Crippen LogP contribution in [-0.2, 0) is 17.6 Å². The SMILES string of the molecule is Cc1ccc(Cn2c(-c3ccc(Oc4ccc5[nH]c(C(=O)NOCC(O)CO)cc5c4)cc3)cc(C(F)(F)F)c(C#N)c2=O)c(C)c1. The van der Waals surface area contributed by atoms with Gasteiger partial charge in [0.25, 0.3) is 11.5 Å².